The molecule has 0 spiro atoms. The molecule has 4 N–H and O–H groups in total. The van der Waals surface area contributed by atoms with Gasteiger partial charge < -0.3 is 11.1 Å². The van der Waals surface area contributed by atoms with Crippen LogP contribution in [0.2, 0.25) is 0 Å². The quantitative estimate of drug-likeness (QED) is 0.675. The van der Waals surface area contributed by atoms with Crippen molar-refractivity contribution in [1.29, 1.82) is 0 Å². The first kappa shape index (κ1) is 15.2. The van der Waals surface area contributed by atoms with E-state index < -0.39 is 6.04 Å². The van der Waals surface area contributed by atoms with Crippen molar-refractivity contribution in [2.45, 2.75) is 32.7 Å². The third-order valence-corrected chi connectivity index (χ3v) is 3.48. The van der Waals surface area contributed by atoms with Crippen molar-refractivity contribution in [3.8, 4) is 0 Å². The van der Waals surface area contributed by atoms with E-state index in [4.69, 9.17) is 5.73 Å². The van der Waals surface area contributed by atoms with Crippen LogP contribution in [0, 0.1) is 13.8 Å². The lowest BCUT2D eigenvalue weighted by atomic mass is 10.1. The van der Waals surface area contributed by atoms with Gasteiger partial charge in [0.15, 0.2) is 0 Å². The average Bonchev–Trinajstić information content (AvgIpc) is 3.00. The van der Waals surface area contributed by atoms with Crippen molar-refractivity contribution >= 4 is 5.91 Å². The molecule has 0 bridgehead atoms. The van der Waals surface area contributed by atoms with Gasteiger partial charge in [-0.15, -0.1) is 0 Å². The number of aromatic nitrogens is 4. The SMILES string of the molecule is Cc1n[nH]c(C)c1[C@H](N)C(=O)NCCCc1cnn(C)c1. The van der Waals surface area contributed by atoms with Gasteiger partial charge >= 0.3 is 0 Å². The topological polar surface area (TPSA) is 102 Å². The number of rotatable bonds is 6. The summed E-state index contributed by atoms with van der Waals surface area (Å²) in [4.78, 5) is 12.1. The van der Waals surface area contributed by atoms with Crippen LogP contribution in [0.1, 0.15) is 35.0 Å². The molecular formula is C14H22N6O. The monoisotopic (exact) mass is 290 g/mol. The highest BCUT2D eigenvalue weighted by molar-refractivity contribution is 5.83. The molecule has 2 aromatic rings. The fourth-order valence-corrected chi connectivity index (χ4v) is 2.36. The van der Waals surface area contributed by atoms with Crippen LogP contribution < -0.4 is 11.1 Å². The van der Waals surface area contributed by atoms with Crippen LogP contribution in [0.4, 0.5) is 0 Å². The summed E-state index contributed by atoms with van der Waals surface area (Å²) in [5.41, 5.74) is 9.55. The fraction of sp³-hybridized carbons (Fsp3) is 0.500. The number of aryl methyl sites for hydroxylation is 4. The molecule has 0 fully saturated rings. The maximum atomic E-state index is 12.1. The lowest BCUT2D eigenvalue weighted by molar-refractivity contribution is -0.122. The molecule has 2 rings (SSSR count). The van der Waals surface area contributed by atoms with E-state index >= 15 is 0 Å². The number of H-pyrrole nitrogens is 1. The second-order valence-corrected chi connectivity index (χ2v) is 5.24. The summed E-state index contributed by atoms with van der Waals surface area (Å²) in [5.74, 6) is -0.172. The van der Waals surface area contributed by atoms with E-state index in [2.05, 4.69) is 20.6 Å². The molecule has 1 atom stereocenters. The van der Waals surface area contributed by atoms with E-state index in [0.717, 1.165) is 35.4 Å². The Kier molecular flexibility index (Phi) is 4.74. The number of hydrogen-bond donors (Lipinski definition) is 3. The smallest absolute Gasteiger partial charge is 0.241 e. The van der Waals surface area contributed by atoms with E-state index in [0.29, 0.717) is 6.54 Å². The predicted molar refractivity (Wildman–Crippen MR) is 79.5 cm³/mol. The van der Waals surface area contributed by atoms with Crippen LogP contribution >= 0.6 is 0 Å². The summed E-state index contributed by atoms with van der Waals surface area (Å²) in [5, 5.41) is 13.9. The lowest BCUT2D eigenvalue weighted by Crippen LogP contribution is -2.35. The van der Waals surface area contributed by atoms with Crippen LogP contribution in [-0.4, -0.2) is 32.4 Å². The maximum Gasteiger partial charge on any atom is 0.241 e. The fourth-order valence-electron chi connectivity index (χ4n) is 2.36. The molecule has 7 heteroatoms. The number of nitrogens with one attached hydrogen (secondary N) is 2. The molecule has 0 aromatic carbocycles. The highest BCUT2D eigenvalue weighted by Crippen LogP contribution is 2.17. The molecule has 0 radical (unpaired) electrons. The lowest BCUT2D eigenvalue weighted by Gasteiger charge is -2.12. The van der Waals surface area contributed by atoms with Gasteiger partial charge in [0, 0.05) is 31.0 Å². The Morgan fingerprint density at radius 3 is 2.86 bits per heavy atom. The molecule has 21 heavy (non-hydrogen) atoms. The Labute approximate surface area is 123 Å². The first-order chi connectivity index (χ1) is 9.99. The highest BCUT2D eigenvalue weighted by atomic mass is 16.2. The molecular weight excluding hydrogens is 268 g/mol. The molecule has 0 saturated heterocycles. The van der Waals surface area contributed by atoms with Gasteiger partial charge in [-0.3, -0.25) is 14.6 Å². The van der Waals surface area contributed by atoms with Gasteiger partial charge in [-0.05, 0) is 32.3 Å². The molecule has 114 valence electrons. The standard InChI is InChI=1S/C14H22N6O/c1-9-12(10(2)19-18-9)13(15)14(21)16-6-4-5-11-7-17-20(3)8-11/h7-8,13H,4-6,15H2,1-3H3,(H,16,21)(H,18,19)/t13-/m0/s1. The van der Waals surface area contributed by atoms with Crippen molar-refractivity contribution in [2.75, 3.05) is 6.54 Å². The Balaban J connectivity index is 1.79. The van der Waals surface area contributed by atoms with E-state index in [1.165, 1.54) is 0 Å². The van der Waals surface area contributed by atoms with E-state index in [1.54, 1.807) is 4.68 Å². The zero-order chi connectivity index (χ0) is 15.4. The van der Waals surface area contributed by atoms with Gasteiger partial charge in [-0.1, -0.05) is 0 Å². The largest absolute Gasteiger partial charge is 0.354 e. The zero-order valence-electron chi connectivity index (χ0n) is 12.7. The van der Waals surface area contributed by atoms with Gasteiger partial charge in [0.05, 0.1) is 11.9 Å². The summed E-state index contributed by atoms with van der Waals surface area (Å²) < 4.78 is 1.77. The molecule has 0 saturated carbocycles. The maximum absolute atomic E-state index is 12.1. The minimum atomic E-state index is -0.679. The third-order valence-electron chi connectivity index (χ3n) is 3.48. The molecule has 0 aliphatic rings. The molecule has 2 aromatic heterocycles. The van der Waals surface area contributed by atoms with E-state index in [9.17, 15) is 4.79 Å². The summed E-state index contributed by atoms with van der Waals surface area (Å²) in [7, 11) is 1.89. The number of nitrogens with two attached hydrogens (primary N) is 1. The van der Waals surface area contributed by atoms with E-state index in [-0.39, 0.29) is 5.91 Å². The predicted octanol–water partition coefficient (Wildman–Crippen LogP) is 0.509. The number of aromatic amines is 1. The van der Waals surface area contributed by atoms with Crippen molar-refractivity contribution in [3.05, 3.63) is 34.9 Å². The third kappa shape index (κ3) is 3.69. The number of hydrogen-bond acceptors (Lipinski definition) is 4. The Hall–Kier alpha value is -2.15. The van der Waals surface area contributed by atoms with Gasteiger partial charge in [0.1, 0.15) is 6.04 Å². The van der Waals surface area contributed by atoms with Crippen molar-refractivity contribution in [3.63, 3.8) is 0 Å². The first-order valence-corrected chi connectivity index (χ1v) is 7.01. The van der Waals surface area contributed by atoms with Crippen molar-refractivity contribution in [2.24, 2.45) is 12.8 Å². The summed E-state index contributed by atoms with van der Waals surface area (Å²) in [6.45, 7) is 4.30. The molecule has 0 aliphatic carbocycles. The molecule has 2 heterocycles. The Morgan fingerprint density at radius 2 is 2.29 bits per heavy atom. The highest BCUT2D eigenvalue weighted by Gasteiger charge is 2.21. The number of carbonyl (C=O) groups excluding carboxylic acids is 1. The second-order valence-electron chi connectivity index (χ2n) is 5.24. The van der Waals surface area contributed by atoms with Gasteiger partial charge in [-0.25, -0.2) is 0 Å². The number of carbonyl (C=O) groups is 1. The summed E-state index contributed by atoms with van der Waals surface area (Å²) in [6, 6.07) is -0.679. The van der Waals surface area contributed by atoms with Crippen LogP contribution in [0.25, 0.3) is 0 Å². The zero-order valence-corrected chi connectivity index (χ0v) is 12.7. The summed E-state index contributed by atoms with van der Waals surface area (Å²) in [6.07, 6.45) is 5.55. The summed E-state index contributed by atoms with van der Waals surface area (Å²) >= 11 is 0. The molecule has 0 aliphatic heterocycles. The number of amides is 1. The Bertz CT molecular complexity index is 595. The molecule has 0 unspecified atom stereocenters. The first-order valence-electron chi connectivity index (χ1n) is 7.01. The Morgan fingerprint density at radius 1 is 1.52 bits per heavy atom. The normalized spacial score (nSPS) is 12.4. The van der Waals surface area contributed by atoms with Crippen LogP contribution in [-0.2, 0) is 18.3 Å². The van der Waals surface area contributed by atoms with Gasteiger partial charge in [-0.2, -0.15) is 10.2 Å². The van der Waals surface area contributed by atoms with E-state index in [1.807, 2.05) is 33.3 Å². The van der Waals surface area contributed by atoms with Crippen LogP contribution in [0.3, 0.4) is 0 Å². The minimum absolute atomic E-state index is 0.172. The van der Waals surface area contributed by atoms with Gasteiger partial charge in [0.25, 0.3) is 0 Å². The second kappa shape index (κ2) is 6.53. The van der Waals surface area contributed by atoms with Crippen LogP contribution in [0.15, 0.2) is 12.4 Å². The number of nitrogens with zero attached hydrogens (tertiary/aromatic N) is 3. The van der Waals surface area contributed by atoms with Crippen molar-refractivity contribution < 1.29 is 4.79 Å². The molecule has 1 amide bonds. The minimum Gasteiger partial charge on any atom is -0.354 e. The molecule has 7 nitrogen and oxygen atoms in total. The van der Waals surface area contributed by atoms with Gasteiger partial charge in [0.2, 0.25) is 5.91 Å². The average molecular weight is 290 g/mol. The van der Waals surface area contributed by atoms with Crippen molar-refractivity contribution in [1.82, 2.24) is 25.3 Å². The van der Waals surface area contributed by atoms with Crippen LogP contribution in [0.5, 0.6) is 0 Å².